The fourth-order valence-electron chi connectivity index (χ4n) is 7.60. The van der Waals surface area contributed by atoms with Crippen LogP contribution >= 0.6 is 7.82 Å². The van der Waals surface area contributed by atoms with E-state index >= 15 is 4.57 Å². The number of rotatable bonds is 24. The first-order valence-corrected chi connectivity index (χ1v) is 21.8. The summed E-state index contributed by atoms with van der Waals surface area (Å²) in [7, 11) is -4.24. The molecule has 0 aliphatic carbocycles. The average Bonchev–Trinajstić information content (AvgIpc) is 3.09. The van der Waals surface area contributed by atoms with E-state index in [0.29, 0.717) is 17.2 Å². The van der Waals surface area contributed by atoms with Gasteiger partial charge in [0.1, 0.15) is 17.2 Å². The molecule has 0 saturated carbocycles. The second-order valence-electron chi connectivity index (χ2n) is 14.0. The van der Waals surface area contributed by atoms with Gasteiger partial charge in [0, 0.05) is 0 Å². The summed E-state index contributed by atoms with van der Waals surface area (Å²) in [5, 5.41) is 0. The van der Waals surface area contributed by atoms with Crippen LogP contribution in [0.2, 0.25) is 0 Å². The Balaban J connectivity index is 2.31. The maximum atomic E-state index is 15.6. The second-order valence-corrected chi connectivity index (χ2v) is 15.5. The van der Waals surface area contributed by atoms with Crippen LogP contribution < -0.4 is 13.6 Å². The molecule has 0 aliphatic rings. The maximum Gasteiger partial charge on any atom is 0.647 e. The third-order valence-electron chi connectivity index (χ3n) is 9.64. The van der Waals surface area contributed by atoms with Crippen molar-refractivity contribution in [1.29, 1.82) is 0 Å². The van der Waals surface area contributed by atoms with Crippen LogP contribution in [-0.4, -0.2) is 0 Å². The topological polar surface area (TPSA) is 44.8 Å². The Hall–Kier alpha value is -2.71. The Bertz CT molecular complexity index is 1340. The number of phosphoric acid groups is 1. The molecule has 0 N–H and O–H groups in total. The lowest BCUT2D eigenvalue weighted by atomic mass is 9.91. The Morgan fingerprint density at radius 1 is 0.340 bits per heavy atom. The molecule has 0 saturated heterocycles. The van der Waals surface area contributed by atoms with E-state index in [1.165, 1.54) is 33.4 Å². The van der Waals surface area contributed by atoms with Gasteiger partial charge in [0.05, 0.1) is 0 Å². The average molecular weight is 705 g/mol. The van der Waals surface area contributed by atoms with Crippen molar-refractivity contribution >= 4 is 7.82 Å². The highest BCUT2D eigenvalue weighted by Crippen LogP contribution is 2.53. The molecule has 50 heavy (non-hydrogen) atoms. The molecule has 0 fully saturated rings. The van der Waals surface area contributed by atoms with E-state index in [1.54, 1.807) is 0 Å². The second kappa shape index (κ2) is 21.6. The highest BCUT2D eigenvalue weighted by Gasteiger charge is 2.37. The zero-order valence-electron chi connectivity index (χ0n) is 33.3. The van der Waals surface area contributed by atoms with Crippen LogP contribution in [0.4, 0.5) is 0 Å². The van der Waals surface area contributed by atoms with Crippen molar-refractivity contribution < 1.29 is 18.1 Å². The van der Waals surface area contributed by atoms with Crippen LogP contribution in [0.5, 0.6) is 17.2 Å². The van der Waals surface area contributed by atoms with Gasteiger partial charge >= 0.3 is 7.82 Å². The first-order valence-electron chi connectivity index (χ1n) is 20.4. The largest absolute Gasteiger partial charge is 0.647 e. The summed E-state index contributed by atoms with van der Waals surface area (Å²) >= 11 is 0. The highest BCUT2D eigenvalue weighted by molar-refractivity contribution is 7.49. The summed E-state index contributed by atoms with van der Waals surface area (Å²) in [6.07, 6.45) is 17.8. The molecule has 4 nitrogen and oxygen atoms in total. The van der Waals surface area contributed by atoms with Gasteiger partial charge in [-0.1, -0.05) is 138 Å². The van der Waals surface area contributed by atoms with Crippen molar-refractivity contribution in [3.63, 3.8) is 0 Å². The Morgan fingerprint density at radius 2 is 0.560 bits per heavy atom. The van der Waals surface area contributed by atoms with E-state index < -0.39 is 7.82 Å². The van der Waals surface area contributed by atoms with Crippen molar-refractivity contribution in [1.82, 2.24) is 0 Å². The van der Waals surface area contributed by atoms with E-state index in [-0.39, 0.29) is 0 Å². The van der Waals surface area contributed by atoms with E-state index in [9.17, 15) is 0 Å². The predicted octanol–water partition coefficient (Wildman–Crippen LogP) is 13.9. The van der Waals surface area contributed by atoms with Crippen LogP contribution in [0, 0.1) is 0 Å². The molecular formula is C45H69O4P. The van der Waals surface area contributed by atoms with Gasteiger partial charge in [-0.3, -0.25) is 0 Å². The van der Waals surface area contributed by atoms with Crippen molar-refractivity contribution in [2.24, 2.45) is 0 Å². The Labute approximate surface area is 306 Å². The third kappa shape index (κ3) is 10.9. The minimum absolute atomic E-state index is 0.625. The summed E-state index contributed by atoms with van der Waals surface area (Å²) < 4.78 is 35.8. The van der Waals surface area contributed by atoms with Crippen molar-refractivity contribution in [2.75, 3.05) is 0 Å². The predicted molar refractivity (Wildman–Crippen MR) is 215 cm³/mol. The lowest BCUT2D eigenvalue weighted by Gasteiger charge is -2.26. The van der Waals surface area contributed by atoms with Gasteiger partial charge < -0.3 is 13.6 Å². The van der Waals surface area contributed by atoms with Crippen molar-refractivity contribution in [3.05, 3.63) is 86.5 Å². The smallest absolute Gasteiger partial charge is 0.386 e. The van der Waals surface area contributed by atoms with E-state index in [1.807, 2.05) is 18.2 Å². The van der Waals surface area contributed by atoms with Crippen LogP contribution in [-0.2, 0) is 62.4 Å². The van der Waals surface area contributed by atoms with E-state index in [0.717, 1.165) is 132 Å². The maximum absolute atomic E-state index is 15.6. The van der Waals surface area contributed by atoms with E-state index in [2.05, 4.69) is 80.5 Å². The number of phosphoric ester groups is 1. The molecule has 0 atom stereocenters. The lowest BCUT2D eigenvalue weighted by Crippen LogP contribution is -2.14. The zero-order valence-corrected chi connectivity index (χ0v) is 34.2. The normalized spacial score (nSPS) is 11.6. The first-order chi connectivity index (χ1) is 24.3. The Morgan fingerprint density at radius 3 is 0.780 bits per heavy atom. The molecule has 0 aliphatic heterocycles. The monoisotopic (exact) mass is 704 g/mol. The number of aryl methyl sites for hydroxylation is 3. The molecule has 0 unspecified atom stereocenters. The minimum Gasteiger partial charge on any atom is -0.386 e. The molecule has 0 aromatic heterocycles. The van der Waals surface area contributed by atoms with Gasteiger partial charge in [0.15, 0.2) is 0 Å². The third-order valence-corrected chi connectivity index (χ3v) is 10.9. The van der Waals surface area contributed by atoms with Crippen LogP contribution in [0.1, 0.15) is 170 Å². The molecule has 0 amide bonds. The zero-order chi connectivity index (χ0) is 36.5. The molecule has 0 bridgehead atoms. The molecule has 0 spiro atoms. The van der Waals surface area contributed by atoms with Gasteiger partial charge in [-0.15, -0.1) is 0 Å². The minimum atomic E-state index is -4.24. The SMILES string of the molecule is CCCc1ccc(OP(=O)(Oc2ccc(CCC)c(CCC)c2CCC)Oc2ccc(CCC)c(CCC)c2CCC)c(CCC)c1CCC. The number of benzene rings is 3. The summed E-state index contributed by atoms with van der Waals surface area (Å²) in [6.45, 7) is 20.0. The standard InChI is InChI=1S/C45H69O4P/c1-10-19-34-28-31-43(40(25-16-7)37(34)22-13-4)47-50(46,48-44-32-29-35(20-11-2)38(23-14-5)41(44)26-17-8)49-45-33-30-36(21-12-3)39(24-15-6)42(45)27-18-9/h28-33H,10-27H2,1-9H3. The summed E-state index contributed by atoms with van der Waals surface area (Å²) in [5.41, 5.74) is 11.5. The van der Waals surface area contributed by atoms with Gasteiger partial charge in [-0.05, 0) is 126 Å². The quantitative estimate of drug-likeness (QED) is 0.0871. The molecule has 0 radical (unpaired) electrons. The highest BCUT2D eigenvalue weighted by atomic mass is 31.2. The number of hydrogen-bond acceptors (Lipinski definition) is 4. The van der Waals surface area contributed by atoms with Crippen molar-refractivity contribution in [2.45, 2.75) is 178 Å². The van der Waals surface area contributed by atoms with Crippen LogP contribution in [0.25, 0.3) is 0 Å². The fraction of sp³-hybridized carbons (Fsp3) is 0.600. The summed E-state index contributed by atoms with van der Waals surface area (Å²) in [4.78, 5) is 0. The lowest BCUT2D eigenvalue weighted by molar-refractivity contribution is 0.294. The van der Waals surface area contributed by atoms with Gasteiger partial charge in [0.2, 0.25) is 0 Å². The molecule has 3 rings (SSSR count). The summed E-state index contributed by atoms with van der Waals surface area (Å²) in [6, 6.07) is 12.6. The van der Waals surface area contributed by atoms with Crippen LogP contribution in [0.15, 0.2) is 36.4 Å². The van der Waals surface area contributed by atoms with E-state index in [4.69, 9.17) is 13.6 Å². The van der Waals surface area contributed by atoms with Gasteiger partial charge in [0.25, 0.3) is 0 Å². The summed E-state index contributed by atoms with van der Waals surface area (Å²) in [5.74, 6) is 1.88. The van der Waals surface area contributed by atoms with Gasteiger partial charge in [-0.25, -0.2) is 0 Å². The van der Waals surface area contributed by atoms with Crippen molar-refractivity contribution in [3.8, 4) is 17.2 Å². The number of hydrogen-bond donors (Lipinski definition) is 0. The molecule has 5 heteroatoms. The molecular weight excluding hydrogens is 635 g/mol. The molecule has 3 aromatic carbocycles. The first kappa shape index (κ1) is 41.7. The van der Waals surface area contributed by atoms with Crippen LogP contribution in [0.3, 0.4) is 0 Å². The van der Waals surface area contributed by atoms with Gasteiger partial charge in [-0.2, -0.15) is 4.57 Å². The molecule has 0 heterocycles. The Kier molecular flexibility index (Phi) is 18.0. The fourth-order valence-corrected chi connectivity index (χ4v) is 8.95. The molecule has 3 aromatic rings. The molecule has 278 valence electrons.